The van der Waals surface area contributed by atoms with Crippen molar-refractivity contribution >= 4 is 23.1 Å². The van der Waals surface area contributed by atoms with E-state index in [1.54, 1.807) is 0 Å². The molecule has 112 valence electrons. The molecule has 0 unspecified atom stereocenters. The number of rotatable bonds is 5. The predicted octanol–water partition coefficient (Wildman–Crippen LogP) is 3.14. The number of nitrogen functional groups attached to an aromatic ring is 1. The molecule has 0 aliphatic heterocycles. The lowest BCUT2D eigenvalue weighted by Crippen LogP contribution is -2.20. The zero-order valence-electron chi connectivity index (χ0n) is 12.4. The van der Waals surface area contributed by atoms with E-state index in [9.17, 15) is 0 Å². The van der Waals surface area contributed by atoms with Gasteiger partial charge in [0.15, 0.2) is 5.82 Å². The molecular weight excluding hydrogens is 288 g/mol. The molecule has 0 aliphatic rings. The molecule has 1 heterocycles. The van der Waals surface area contributed by atoms with E-state index in [0.29, 0.717) is 29.0 Å². The lowest BCUT2D eigenvalue weighted by atomic mass is 10.2. The average Bonchev–Trinajstić information content (AvgIpc) is 2.40. The smallest absolute Gasteiger partial charge is 0.242 e. The van der Waals surface area contributed by atoms with Crippen LogP contribution in [0.25, 0.3) is 0 Å². The summed E-state index contributed by atoms with van der Waals surface area (Å²) in [6.45, 7) is 4.50. The molecule has 21 heavy (non-hydrogen) atoms. The largest absolute Gasteiger partial charge is 0.473 e. The minimum atomic E-state index is 0.00767. The van der Waals surface area contributed by atoms with E-state index in [1.807, 2.05) is 50.1 Å². The zero-order chi connectivity index (χ0) is 15.4. The molecule has 1 aromatic carbocycles. The maximum Gasteiger partial charge on any atom is 0.242 e. The van der Waals surface area contributed by atoms with Gasteiger partial charge in [-0.3, -0.25) is 0 Å². The zero-order valence-corrected chi connectivity index (χ0v) is 13.1. The Kier molecular flexibility index (Phi) is 4.85. The van der Waals surface area contributed by atoms with Crippen LogP contribution in [0.5, 0.6) is 5.88 Å². The van der Waals surface area contributed by atoms with E-state index in [0.717, 1.165) is 5.56 Å². The predicted molar refractivity (Wildman–Crippen MR) is 85.8 cm³/mol. The van der Waals surface area contributed by atoms with E-state index in [4.69, 9.17) is 22.1 Å². The number of hydrogen-bond donors (Lipinski definition) is 1. The number of nitrogens with zero attached hydrogens (tertiary/aromatic N) is 3. The Morgan fingerprint density at radius 3 is 2.76 bits per heavy atom. The van der Waals surface area contributed by atoms with Gasteiger partial charge in [-0.15, -0.1) is 0 Å². The Morgan fingerprint density at radius 2 is 2.10 bits per heavy atom. The van der Waals surface area contributed by atoms with Crippen molar-refractivity contribution in [2.45, 2.75) is 26.5 Å². The standard InChI is InChI=1S/C15H19ClN4O/c1-10(2)21-15-13(17)14(18-9-19-15)20(3)8-11-5-4-6-12(16)7-11/h4-7,9-10H,8,17H2,1-3H3. The minimum absolute atomic E-state index is 0.00767. The van der Waals surface area contributed by atoms with Crippen molar-refractivity contribution in [1.82, 2.24) is 9.97 Å². The molecule has 0 atom stereocenters. The molecule has 2 N–H and O–H groups in total. The first-order chi connectivity index (χ1) is 9.97. The van der Waals surface area contributed by atoms with Crippen LogP contribution in [-0.4, -0.2) is 23.1 Å². The highest BCUT2D eigenvalue weighted by atomic mass is 35.5. The maximum absolute atomic E-state index is 6.10. The SMILES string of the molecule is CC(C)Oc1ncnc(N(C)Cc2cccc(Cl)c2)c1N. The number of anilines is 2. The van der Waals surface area contributed by atoms with Gasteiger partial charge >= 0.3 is 0 Å². The topological polar surface area (TPSA) is 64.3 Å². The summed E-state index contributed by atoms with van der Waals surface area (Å²) >= 11 is 6.00. The lowest BCUT2D eigenvalue weighted by Gasteiger charge is -2.21. The molecule has 0 aliphatic carbocycles. The van der Waals surface area contributed by atoms with Gasteiger partial charge in [0.1, 0.15) is 12.0 Å². The van der Waals surface area contributed by atoms with Gasteiger partial charge in [0.05, 0.1) is 6.10 Å². The number of benzene rings is 1. The molecule has 1 aromatic heterocycles. The third kappa shape index (κ3) is 3.98. The molecule has 0 bridgehead atoms. The Morgan fingerprint density at radius 1 is 1.33 bits per heavy atom. The van der Waals surface area contributed by atoms with Crippen LogP contribution in [0.1, 0.15) is 19.4 Å². The fraction of sp³-hybridized carbons (Fsp3) is 0.333. The van der Waals surface area contributed by atoms with Crippen molar-refractivity contribution < 1.29 is 4.74 Å². The maximum atomic E-state index is 6.10. The number of halogens is 1. The molecule has 0 saturated carbocycles. The fourth-order valence-electron chi connectivity index (χ4n) is 1.98. The summed E-state index contributed by atoms with van der Waals surface area (Å²) in [5.41, 5.74) is 7.62. The van der Waals surface area contributed by atoms with Crippen molar-refractivity contribution in [2.24, 2.45) is 0 Å². The Hall–Kier alpha value is -2.01. The summed E-state index contributed by atoms with van der Waals surface area (Å²) in [4.78, 5) is 10.3. The van der Waals surface area contributed by atoms with Gasteiger partial charge in [-0.2, -0.15) is 4.98 Å². The number of aromatic nitrogens is 2. The Bertz CT molecular complexity index is 618. The second-order valence-corrected chi connectivity index (χ2v) is 5.51. The van der Waals surface area contributed by atoms with E-state index in [1.165, 1.54) is 6.33 Å². The first kappa shape index (κ1) is 15.4. The van der Waals surface area contributed by atoms with E-state index >= 15 is 0 Å². The van der Waals surface area contributed by atoms with Crippen LogP contribution in [0.3, 0.4) is 0 Å². The summed E-state index contributed by atoms with van der Waals surface area (Å²) in [7, 11) is 1.92. The van der Waals surface area contributed by atoms with Gasteiger partial charge in [0.2, 0.25) is 5.88 Å². The summed E-state index contributed by atoms with van der Waals surface area (Å²) in [5.74, 6) is 1.05. The fourth-order valence-corrected chi connectivity index (χ4v) is 2.19. The highest BCUT2D eigenvalue weighted by Gasteiger charge is 2.14. The van der Waals surface area contributed by atoms with Gasteiger partial charge in [0.25, 0.3) is 0 Å². The molecule has 0 fully saturated rings. The first-order valence-electron chi connectivity index (χ1n) is 6.70. The molecule has 0 radical (unpaired) electrons. The molecular formula is C15H19ClN4O. The van der Waals surface area contributed by atoms with Gasteiger partial charge in [-0.25, -0.2) is 4.98 Å². The summed E-state index contributed by atoms with van der Waals surface area (Å²) in [6, 6.07) is 7.69. The van der Waals surface area contributed by atoms with Crippen LogP contribution in [-0.2, 0) is 6.54 Å². The molecule has 0 amide bonds. The lowest BCUT2D eigenvalue weighted by molar-refractivity contribution is 0.234. The molecule has 5 nitrogen and oxygen atoms in total. The third-order valence-electron chi connectivity index (χ3n) is 2.84. The van der Waals surface area contributed by atoms with Crippen molar-refractivity contribution in [1.29, 1.82) is 0 Å². The number of nitrogens with two attached hydrogens (primary N) is 1. The highest BCUT2D eigenvalue weighted by Crippen LogP contribution is 2.28. The minimum Gasteiger partial charge on any atom is -0.473 e. The van der Waals surface area contributed by atoms with E-state index < -0.39 is 0 Å². The van der Waals surface area contributed by atoms with Gasteiger partial charge in [-0.05, 0) is 31.5 Å². The van der Waals surface area contributed by atoms with Crippen LogP contribution >= 0.6 is 11.6 Å². The molecule has 0 spiro atoms. The number of ether oxygens (including phenoxy) is 1. The van der Waals surface area contributed by atoms with Crippen LogP contribution in [0, 0.1) is 0 Å². The van der Waals surface area contributed by atoms with Crippen molar-refractivity contribution in [2.75, 3.05) is 17.7 Å². The van der Waals surface area contributed by atoms with E-state index in [2.05, 4.69) is 9.97 Å². The highest BCUT2D eigenvalue weighted by molar-refractivity contribution is 6.30. The van der Waals surface area contributed by atoms with E-state index in [-0.39, 0.29) is 6.10 Å². The number of hydrogen-bond acceptors (Lipinski definition) is 5. The van der Waals surface area contributed by atoms with Gasteiger partial charge in [0, 0.05) is 18.6 Å². The second-order valence-electron chi connectivity index (χ2n) is 5.07. The van der Waals surface area contributed by atoms with Crippen molar-refractivity contribution in [3.63, 3.8) is 0 Å². The van der Waals surface area contributed by atoms with Crippen LogP contribution in [0.4, 0.5) is 11.5 Å². The van der Waals surface area contributed by atoms with Crippen LogP contribution in [0.2, 0.25) is 5.02 Å². The molecule has 0 saturated heterocycles. The monoisotopic (exact) mass is 306 g/mol. The van der Waals surface area contributed by atoms with Gasteiger partial charge in [-0.1, -0.05) is 23.7 Å². The molecule has 6 heteroatoms. The third-order valence-corrected chi connectivity index (χ3v) is 3.08. The van der Waals surface area contributed by atoms with Crippen molar-refractivity contribution in [3.05, 3.63) is 41.2 Å². The second kappa shape index (κ2) is 6.63. The normalized spacial score (nSPS) is 10.7. The van der Waals surface area contributed by atoms with Gasteiger partial charge < -0.3 is 15.4 Å². The first-order valence-corrected chi connectivity index (χ1v) is 7.08. The quantitative estimate of drug-likeness (QED) is 0.919. The summed E-state index contributed by atoms with van der Waals surface area (Å²) in [6.07, 6.45) is 1.46. The average molecular weight is 307 g/mol. The summed E-state index contributed by atoms with van der Waals surface area (Å²) in [5, 5.41) is 0.709. The Labute approximate surface area is 129 Å². The molecule has 2 aromatic rings. The van der Waals surface area contributed by atoms with Crippen LogP contribution in [0.15, 0.2) is 30.6 Å². The molecule has 2 rings (SSSR count). The van der Waals surface area contributed by atoms with Crippen molar-refractivity contribution in [3.8, 4) is 5.88 Å². The Balaban J connectivity index is 2.21. The summed E-state index contributed by atoms with van der Waals surface area (Å²) < 4.78 is 5.58. The van der Waals surface area contributed by atoms with Crippen LogP contribution < -0.4 is 15.4 Å².